The molecule has 0 bridgehead atoms. The van der Waals surface area contributed by atoms with Gasteiger partial charge in [0.15, 0.2) is 0 Å². The number of carbonyl (C=O) groups is 2. The quantitative estimate of drug-likeness (QED) is 0.835. The molecule has 1 atom stereocenters. The van der Waals surface area contributed by atoms with Crippen molar-refractivity contribution in [3.05, 3.63) is 41.2 Å². The SMILES string of the molecule is C/C(=C\c1ccccc1F)C(=O)N1CCC[C@H]1C(=O)NC1CCCCC1. The lowest BCUT2D eigenvalue weighted by Crippen LogP contribution is -2.49. The summed E-state index contributed by atoms with van der Waals surface area (Å²) in [5.41, 5.74) is 0.841. The van der Waals surface area contributed by atoms with Crippen LogP contribution in [0.4, 0.5) is 4.39 Å². The molecule has 1 heterocycles. The fourth-order valence-corrected chi connectivity index (χ4v) is 3.94. The standard InChI is InChI=1S/C21H27FN2O2/c1-15(14-16-8-5-6-11-18(16)22)21(26)24-13-7-12-19(24)20(25)23-17-9-3-2-4-10-17/h5-6,8,11,14,17,19H,2-4,7,9-10,12-13H2,1H3,(H,23,25)/b15-14+/t19-/m0/s1. The van der Waals surface area contributed by atoms with Crippen molar-refractivity contribution in [1.29, 1.82) is 0 Å². The van der Waals surface area contributed by atoms with Gasteiger partial charge < -0.3 is 10.2 Å². The van der Waals surface area contributed by atoms with Gasteiger partial charge >= 0.3 is 0 Å². The van der Waals surface area contributed by atoms with Gasteiger partial charge in [0, 0.05) is 23.7 Å². The highest BCUT2D eigenvalue weighted by Crippen LogP contribution is 2.23. The Labute approximate surface area is 154 Å². The van der Waals surface area contributed by atoms with Crippen LogP contribution in [0.2, 0.25) is 0 Å². The van der Waals surface area contributed by atoms with Crippen LogP contribution < -0.4 is 5.32 Å². The second-order valence-electron chi connectivity index (χ2n) is 7.35. The first-order valence-electron chi connectivity index (χ1n) is 9.60. The minimum absolute atomic E-state index is 0.0403. The Morgan fingerprint density at radius 1 is 1.12 bits per heavy atom. The summed E-state index contributed by atoms with van der Waals surface area (Å²) in [7, 11) is 0. The molecule has 0 unspecified atom stereocenters. The normalized spacial score (nSPS) is 21.7. The van der Waals surface area contributed by atoms with E-state index in [1.54, 1.807) is 36.1 Å². The first kappa shape index (κ1) is 18.6. The van der Waals surface area contributed by atoms with Crippen LogP contribution in [0.3, 0.4) is 0 Å². The van der Waals surface area contributed by atoms with Crippen LogP contribution in [-0.4, -0.2) is 35.3 Å². The number of likely N-dealkylation sites (tertiary alicyclic amines) is 1. The Morgan fingerprint density at radius 3 is 2.58 bits per heavy atom. The maximum absolute atomic E-state index is 13.8. The summed E-state index contributed by atoms with van der Waals surface area (Å²) in [6.45, 7) is 2.26. The molecule has 1 aliphatic heterocycles. The van der Waals surface area contributed by atoms with Gasteiger partial charge in [-0.3, -0.25) is 9.59 Å². The number of benzene rings is 1. The zero-order chi connectivity index (χ0) is 18.5. The molecule has 0 spiro atoms. The van der Waals surface area contributed by atoms with Crippen LogP contribution in [0.1, 0.15) is 57.4 Å². The molecule has 3 rings (SSSR count). The largest absolute Gasteiger partial charge is 0.352 e. The zero-order valence-electron chi connectivity index (χ0n) is 15.3. The minimum atomic E-state index is -0.409. The Kier molecular flexibility index (Phi) is 6.07. The molecule has 1 saturated carbocycles. The van der Waals surface area contributed by atoms with Crippen LogP contribution >= 0.6 is 0 Å². The third-order valence-corrected chi connectivity index (χ3v) is 5.38. The molecule has 1 aromatic carbocycles. The molecule has 140 valence electrons. The molecule has 1 aromatic rings. The monoisotopic (exact) mass is 358 g/mol. The predicted octanol–water partition coefficient (Wildman–Crippen LogP) is 3.67. The van der Waals surface area contributed by atoms with Gasteiger partial charge in [-0.1, -0.05) is 37.5 Å². The number of hydrogen-bond donors (Lipinski definition) is 1. The molecule has 1 saturated heterocycles. The molecule has 26 heavy (non-hydrogen) atoms. The van der Waals surface area contributed by atoms with Crippen LogP contribution in [0.15, 0.2) is 29.8 Å². The van der Waals surface area contributed by atoms with Crippen molar-refractivity contribution in [2.24, 2.45) is 0 Å². The van der Waals surface area contributed by atoms with Crippen molar-refractivity contribution in [2.75, 3.05) is 6.54 Å². The summed E-state index contributed by atoms with van der Waals surface area (Å²) >= 11 is 0. The Hall–Kier alpha value is -2.17. The van der Waals surface area contributed by atoms with Gasteiger partial charge in [-0.15, -0.1) is 0 Å². The van der Waals surface area contributed by atoms with E-state index >= 15 is 0 Å². The third kappa shape index (κ3) is 4.32. The Morgan fingerprint density at radius 2 is 1.85 bits per heavy atom. The average molecular weight is 358 g/mol. The lowest BCUT2D eigenvalue weighted by atomic mass is 9.95. The summed E-state index contributed by atoms with van der Waals surface area (Å²) in [4.78, 5) is 27.1. The van der Waals surface area contributed by atoms with E-state index in [4.69, 9.17) is 0 Å². The lowest BCUT2D eigenvalue weighted by molar-refractivity contribution is -0.136. The fourth-order valence-electron chi connectivity index (χ4n) is 3.94. The maximum atomic E-state index is 13.8. The van der Waals surface area contributed by atoms with Crippen LogP contribution in [0.25, 0.3) is 6.08 Å². The van der Waals surface area contributed by atoms with Crippen molar-refractivity contribution in [2.45, 2.75) is 64.0 Å². The van der Waals surface area contributed by atoms with Crippen LogP contribution in [0.5, 0.6) is 0 Å². The highest BCUT2D eigenvalue weighted by molar-refractivity contribution is 6.00. The number of carbonyl (C=O) groups excluding carboxylic acids is 2. The highest BCUT2D eigenvalue weighted by atomic mass is 19.1. The maximum Gasteiger partial charge on any atom is 0.250 e. The van der Waals surface area contributed by atoms with Crippen molar-refractivity contribution in [1.82, 2.24) is 10.2 Å². The van der Waals surface area contributed by atoms with Crippen LogP contribution in [0, 0.1) is 5.82 Å². The number of rotatable bonds is 4. The van der Waals surface area contributed by atoms with Gasteiger partial charge in [0.25, 0.3) is 0 Å². The van der Waals surface area contributed by atoms with Crippen molar-refractivity contribution >= 4 is 17.9 Å². The van der Waals surface area contributed by atoms with Gasteiger partial charge in [0.05, 0.1) is 0 Å². The minimum Gasteiger partial charge on any atom is -0.352 e. The molecule has 1 aliphatic carbocycles. The molecular weight excluding hydrogens is 331 g/mol. The predicted molar refractivity (Wildman–Crippen MR) is 99.8 cm³/mol. The molecular formula is C21H27FN2O2. The van der Waals surface area contributed by atoms with E-state index in [0.29, 0.717) is 24.1 Å². The molecule has 0 aromatic heterocycles. The van der Waals surface area contributed by atoms with Crippen molar-refractivity contribution in [3.63, 3.8) is 0 Å². The topological polar surface area (TPSA) is 49.4 Å². The molecule has 1 N–H and O–H groups in total. The molecule has 5 heteroatoms. The van der Waals surface area contributed by atoms with Gasteiger partial charge in [-0.05, 0) is 44.7 Å². The number of nitrogens with one attached hydrogen (secondary N) is 1. The molecule has 2 aliphatic rings. The highest BCUT2D eigenvalue weighted by Gasteiger charge is 2.35. The first-order chi connectivity index (χ1) is 12.6. The number of halogens is 1. The van der Waals surface area contributed by atoms with Gasteiger partial charge in [-0.2, -0.15) is 0 Å². The second kappa shape index (κ2) is 8.47. The van der Waals surface area contributed by atoms with Crippen molar-refractivity contribution in [3.8, 4) is 0 Å². The summed E-state index contributed by atoms with van der Waals surface area (Å²) in [5.74, 6) is -0.580. The number of hydrogen-bond acceptors (Lipinski definition) is 2. The smallest absolute Gasteiger partial charge is 0.250 e. The summed E-state index contributed by atoms with van der Waals surface area (Å²) < 4.78 is 13.8. The number of nitrogens with zero attached hydrogens (tertiary/aromatic N) is 1. The van der Waals surface area contributed by atoms with Crippen LogP contribution in [-0.2, 0) is 9.59 Å². The van der Waals surface area contributed by atoms with E-state index < -0.39 is 6.04 Å². The molecule has 2 amide bonds. The number of amides is 2. The van der Waals surface area contributed by atoms with E-state index in [-0.39, 0.29) is 23.7 Å². The zero-order valence-corrected chi connectivity index (χ0v) is 15.3. The second-order valence-corrected chi connectivity index (χ2v) is 7.35. The van der Waals surface area contributed by atoms with Gasteiger partial charge in [-0.25, -0.2) is 4.39 Å². The Balaban J connectivity index is 1.67. The lowest BCUT2D eigenvalue weighted by Gasteiger charge is -2.28. The van der Waals surface area contributed by atoms with Gasteiger partial charge in [0.2, 0.25) is 11.8 Å². The molecule has 2 fully saturated rings. The van der Waals surface area contributed by atoms with Gasteiger partial charge in [0.1, 0.15) is 11.9 Å². The van der Waals surface area contributed by atoms with Crippen molar-refractivity contribution < 1.29 is 14.0 Å². The fraction of sp³-hybridized carbons (Fsp3) is 0.524. The van der Waals surface area contributed by atoms with E-state index in [0.717, 1.165) is 32.1 Å². The molecule has 4 nitrogen and oxygen atoms in total. The summed E-state index contributed by atoms with van der Waals surface area (Å²) in [5, 5.41) is 3.13. The summed E-state index contributed by atoms with van der Waals surface area (Å²) in [6.07, 6.45) is 8.67. The van der Waals surface area contributed by atoms with E-state index in [2.05, 4.69) is 5.32 Å². The van der Waals surface area contributed by atoms with E-state index in [9.17, 15) is 14.0 Å². The molecule has 0 radical (unpaired) electrons. The Bertz CT molecular complexity index is 695. The van der Waals surface area contributed by atoms with E-state index in [1.165, 1.54) is 12.5 Å². The first-order valence-corrected chi connectivity index (χ1v) is 9.60. The van der Waals surface area contributed by atoms with E-state index in [1.807, 2.05) is 0 Å². The summed E-state index contributed by atoms with van der Waals surface area (Å²) in [6, 6.07) is 6.21. The average Bonchev–Trinajstić information content (AvgIpc) is 3.13. The third-order valence-electron chi connectivity index (χ3n) is 5.38.